The zero-order chi connectivity index (χ0) is 15.4. The molecule has 0 aromatic carbocycles. The summed E-state index contributed by atoms with van der Waals surface area (Å²) in [4.78, 5) is 24.5. The predicted octanol–water partition coefficient (Wildman–Crippen LogP) is 1.93. The van der Waals surface area contributed by atoms with Gasteiger partial charge >= 0.3 is 0 Å². The Hall–Kier alpha value is -2.50. The molecule has 3 heterocycles. The summed E-state index contributed by atoms with van der Waals surface area (Å²) in [6.07, 6.45) is 5.80. The van der Waals surface area contributed by atoms with Gasteiger partial charge in [0.05, 0.1) is 5.69 Å². The summed E-state index contributed by atoms with van der Waals surface area (Å²) in [5.74, 6) is 1.64. The maximum absolute atomic E-state index is 11.4. The second-order valence-corrected chi connectivity index (χ2v) is 5.45. The first-order valence-electron chi connectivity index (χ1n) is 7.50. The fraction of sp³-hybridized carbons (Fsp3) is 0.375. The fourth-order valence-corrected chi connectivity index (χ4v) is 2.58. The van der Waals surface area contributed by atoms with E-state index >= 15 is 0 Å². The van der Waals surface area contributed by atoms with Gasteiger partial charge in [0.15, 0.2) is 0 Å². The standard InChI is InChI=1S/C16H19N5O/c1-11-19-14(12-3-2-7-17-10-12)9-15(20-11)21-13-4-5-16(22)18-8-6-13/h2-3,7,9-10,13H,4-6,8H2,1H3,(H,18,22)(H,19,20,21). The Kier molecular flexibility index (Phi) is 4.27. The van der Waals surface area contributed by atoms with E-state index in [1.165, 1.54) is 0 Å². The van der Waals surface area contributed by atoms with E-state index in [1.54, 1.807) is 12.4 Å². The highest BCUT2D eigenvalue weighted by Crippen LogP contribution is 2.20. The quantitative estimate of drug-likeness (QED) is 0.905. The van der Waals surface area contributed by atoms with Crippen LogP contribution in [0.2, 0.25) is 0 Å². The first-order chi connectivity index (χ1) is 10.7. The number of nitrogens with zero attached hydrogens (tertiary/aromatic N) is 3. The molecule has 0 saturated carbocycles. The molecule has 1 unspecified atom stereocenters. The molecule has 114 valence electrons. The van der Waals surface area contributed by atoms with E-state index in [1.807, 2.05) is 25.1 Å². The number of anilines is 1. The van der Waals surface area contributed by atoms with Crippen molar-refractivity contribution in [1.29, 1.82) is 0 Å². The largest absolute Gasteiger partial charge is 0.367 e. The van der Waals surface area contributed by atoms with Crippen LogP contribution in [0.4, 0.5) is 5.82 Å². The van der Waals surface area contributed by atoms with Crippen LogP contribution in [0.25, 0.3) is 11.3 Å². The topological polar surface area (TPSA) is 79.8 Å². The molecule has 1 fully saturated rings. The lowest BCUT2D eigenvalue weighted by Crippen LogP contribution is -2.23. The van der Waals surface area contributed by atoms with Crippen LogP contribution in [0.1, 0.15) is 25.1 Å². The van der Waals surface area contributed by atoms with Crippen molar-refractivity contribution in [3.05, 3.63) is 36.4 Å². The van der Waals surface area contributed by atoms with Crippen molar-refractivity contribution < 1.29 is 4.79 Å². The van der Waals surface area contributed by atoms with E-state index in [9.17, 15) is 4.79 Å². The second kappa shape index (κ2) is 6.51. The molecule has 22 heavy (non-hydrogen) atoms. The van der Waals surface area contributed by atoms with Crippen molar-refractivity contribution in [2.45, 2.75) is 32.2 Å². The second-order valence-electron chi connectivity index (χ2n) is 5.45. The van der Waals surface area contributed by atoms with Crippen molar-refractivity contribution in [2.75, 3.05) is 11.9 Å². The molecule has 0 radical (unpaired) electrons. The molecule has 6 heteroatoms. The fourth-order valence-electron chi connectivity index (χ4n) is 2.58. The van der Waals surface area contributed by atoms with Crippen molar-refractivity contribution in [3.8, 4) is 11.3 Å². The minimum atomic E-state index is 0.124. The minimum Gasteiger partial charge on any atom is -0.367 e. The van der Waals surface area contributed by atoms with Gasteiger partial charge in [0, 0.05) is 43.0 Å². The Labute approximate surface area is 129 Å². The molecule has 1 atom stereocenters. The summed E-state index contributed by atoms with van der Waals surface area (Å²) in [6.45, 7) is 2.58. The van der Waals surface area contributed by atoms with Gasteiger partial charge in [0.1, 0.15) is 11.6 Å². The average molecular weight is 297 g/mol. The molecular formula is C16H19N5O. The van der Waals surface area contributed by atoms with Crippen molar-refractivity contribution in [2.24, 2.45) is 0 Å². The number of hydrogen-bond donors (Lipinski definition) is 2. The number of nitrogens with one attached hydrogen (secondary N) is 2. The van der Waals surface area contributed by atoms with Crippen LogP contribution in [-0.2, 0) is 4.79 Å². The van der Waals surface area contributed by atoms with Crippen LogP contribution in [-0.4, -0.2) is 33.4 Å². The van der Waals surface area contributed by atoms with E-state index in [0.717, 1.165) is 29.9 Å². The molecule has 0 bridgehead atoms. The third-order valence-corrected chi connectivity index (χ3v) is 3.68. The molecule has 6 nitrogen and oxygen atoms in total. The van der Waals surface area contributed by atoms with Gasteiger partial charge in [0.2, 0.25) is 5.91 Å². The number of pyridine rings is 1. The van der Waals surface area contributed by atoms with Crippen LogP contribution >= 0.6 is 0 Å². The normalized spacial score (nSPS) is 18.4. The minimum absolute atomic E-state index is 0.124. The Balaban J connectivity index is 1.79. The van der Waals surface area contributed by atoms with Crippen LogP contribution in [0.5, 0.6) is 0 Å². The molecule has 1 saturated heterocycles. The number of carbonyl (C=O) groups excluding carboxylic acids is 1. The van der Waals surface area contributed by atoms with Crippen LogP contribution in [0, 0.1) is 6.92 Å². The lowest BCUT2D eigenvalue weighted by Gasteiger charge is -2.17. The molecule has 3 rings (SSSR count). The summed E-state index contributed by atoms with van der Waals surface area (Å²) in [6, 6.07) is 6.05. The van der Waals surface area contributed by atoms with Gasteiger partial charge in [-0.15, -0.1) is 0 Å². The highest BCUT2D eigenvalue weighted by Gasteiger charge is 2.16. The van der Waals surface area contributed by atoms with Crippen molar-refractivity contribution in [3.63, 3.8) is 0 Å². The summed E-state index contributed by atoms with van der Waals surface area (Å²) >= 11 is 0. The van der Waals surface area contributed by atoms with Gasteiger partial charge in [-0.3, -0.25) is 9.78 Å². The van der Waals surface area contributed by atoms with Crippen LogP contribution in [0.3, 0.4) is 0 Å². The highest BCUT2D eigenvalue weighted by atomic mass is 16.1. The Bertz CT molecular complexity index is 659. The summed E-state index contributed by atoms with van der Waals surface area (Å²) in [5.41, 5.74) is 1.82. The van der Waals surface area contributed by atoms with Crippen molar-refractivity contribution >= 4 is 11.7 Å². The Morgan fingerprint density at radius 3 is 3.05 bits per heavy atom. The van der Waals surface area contributed by atoms with Crippen molar-refractivity contribution in [1.82, 2.24) is 20.3 Å². The van der Waals surface area contributed by atoms with E-state index < -0.39 is 0 Å². The van der Waals surface area contributed by atoms with E-state index in [0.29, 0.717) is 18.8 Å². The van der Waals surface area contributed by atoms with Gasteiger partial charge < -0.3 is 10.6 Å². The maximum Gasteiger partial charge on any atom is 0.220 e. The predicted molar refractivity (Wildman–Crippen MR) is 84.3 cm³/mol. The van der Waals surface area contributed by atoms with E-state index in [4.69, 9.17) is 0 Å². The molecule has 2 aromatic rings. The van der Waals surface area contributed by atoms with E-state index in [-0.39, 0.29) is 11.9 Å². The van der Waals surface area contributed by atoms with Crippen LogP contribution in [0.15, 0.2) is 30.6 Å². The van der Waals surface area contributed by atoms with Gasteiger partial charge in [-0.25, -0.2) is 9.97 Å². The average Bonchev–Trinajstić information content (AvgIpc) is 2.72. The number of rotatable bonds is 3. The summed E-state index contributed by atoms with van der Waals surface area (Å²) < 4.78 is 0. The lowest BCUT2D eigenvalue weighted by molar-refractivity contribution is -0.120. The molecule has 1 aliphatic rings. The molecule has 1 amide bonds. The Morgan fingerprint density at radius 2 is 2.23 bits per heavy atom. The smallest absolute Gasteiger partial charge is 0.220 e. The number of hydrogen-bond acceptors (Lipinski definition) is 5. The zero-order valence-corrected chi connectivity index (χ0v) is 12.5. The monoisotopic (exact) mass is 297 g/mol. The summed E-state index contributed by atoms with van der Waals surface area (Å²) in [7, 11) is 0. The lowest BCUT2D eigenvalue weighted by atomic mass is 10.1. The summed E-state index contributed by atoms with van der Waals surface area (Å²) in [5, 5.41) is 6.32. The highest BCUT2D eigenvalue weighted by molar-refractivity contribution is 5.76. The number of carbonyl (C=O) groups is 1. The third-order valence-electron chi connectivity index (χ3n) is 3.68. The van der Waals surface area contributed by atoms with Crippen LogP contribution < -0.4 is 10.6 Å². The maximum atomic E-state index is 11.4. The number of aryl methyl sites for hydroxylation is 1. The van der Waals surface area contributed by atoms with Gasteiger partial charge in [-0.2, -0.15) is 0 Å². The molecule has 1 aliphatic heterocycles. The molecular weight excluding hydrogens is 278 g/mol. The number of amides is 1. The molecule has 2 N–H and O–H groups in total. The molecule has 2 aromatic heterocycles. The Morgan fingerprint density at radius 1 is 1.32 bits per heavy atom. The van der Waals surface area contributed by atoms with Gasteiger partial charge in [-0.05, 0) is 31.9 Å². The first kappa shape index (κ1) is 14.4. The van der Waals surface area contributed by atoms with Gasteiger partial charge in [0.25, 0.3) is 0 Å². The van der Waals surface area contributed by atoms with E-state index in [2.05, 4.69) is 25.6 Å². The van der Waals surface area contributed by atoms with Gasteiger partial charge in [-0.1, -0.05) is 0 Å². The zero-order valence-electron chi connectivity index (χ0n) is 12.5. The molecule has 0 spiro atoms. The molecule has 0 aliphatic carbocycles. The first-order valence-corrected chi connectivity index (χ1v) is 7.50. The number of aromatic nitrogens is 3. The third kappa shape index (κ3) is 3.58. The SMILES string of the molecule is Cc1nc(NC2CCNC(=O)CC2)cc(-c2cccnc2)n1.